The Bertz CT molecular complexity index is 601. The summed E-state index contributed by atoms with van der Waals surface area (Å²) in [7, 11) is 0. The molecule has 0 saturated carbocycles. The smallest absolute Gasteiger partial charge is 0.131 e. The molecule has 1 atom stereocenters. The number of halogens is 1. The van der Waals surface area contributed by atoms with Gasteiger partial charge in [0.15, 0.2) is 0 Å². The molecule has 5 heteroatoms. The molecule has 0 spiro atoms. The molecule has 0 aromatic carbocycles. The van der Waals surface area contributed by atoms with E-state index in [1.165, 1.54) is 0 Å². The van der Waals surface area contributed by atoms with Crippen molar-refractivity contribution >= 4 is 40.0 Å². The van der Waals surface area contributed by atoms with Crippen LogP contribution in [0.25, 0.3) is 0 Å². The SMILES string of the molecule is Clc1ccc(C(Nc2ccsc2)c2ccco2)s1. The van der Waals surface area contributed by atoms with Gasteiger partial charge in [-0.2, -0.15) is 11.3 Å². The van der Waals surface area contributed by atoms with Gasteiger partial charge in [-0.25, -0.2) is 0 Å². The van der Waals surface area contributed by atoms with Crippen LogP contribution in [0, 0.1) is 0 Å². The van der Waals surface area contributed by atoms with Crippen LogP contribution in [0.2, 0.25) is 4.34 Å². The van der Waals surface area contributed by atoms with Gasteiger partial charge in [-0.15, -0.1) is 11.3 Å². The van der Waals surface area contributed by atoms with E-state index in [2.05, 4.69) is 16.8 Å². The molecule has 1 unspecified atom stereocenters. The summed E-state index contributed by atoms with van der Waals surface area (Å²) in [6.45, 7) is 0. The molecule has 0 aliphatic carbocycles. The van der Waals surface area contributed by atoms with Crippen LogP contribution in [0.15, 0.2) is 51.8 Å². The first kappa shape index (κ1) is 11.8. The topological polar surface area (TPSA) is 25.2 Å². The highest BCUT2D eigenvalue weighted by Crippen LogP contribution is 2.34. The molecule has 18 heavy (non-hydrogen) atoms. The summed E-state index contributed by atoms with van der Waals surface area (Å²) in [4.78, 5) is 1.14. The van der Waals surface area contributed by atoms with Gasteiger partial charge >= 0.3 is 0 Å². The van der Waals surface area contributed by atoms with Crippen molar-refractivity contribution in [3.8, 4) is 0 Å². The molecule has 3 rings (SSSR count). The van der Waals surface area contributed by atoms with Crippen molar-refractivity contribution in [2.45, 2.75) is 6.04 Å². The molecule has 3 aromatic rings. The Morgan fingerprint density at radius 1 is 1.22 bits per heavy atom. The Kier molecular flexibility index (Phi) is 3.41. The van der Waals surface area contributed by atoms with Crippen LogP contribution in [0.3, 0.4) is 0 Å². The summed E-state index contributed by atoms with van der Waals surface area (Å²) in [5.74, 6) is 0.889. The molecule has 92 valence electrons. The summed E-state index contributed by atoms with van der Waals surface area (Å²) in [6.07, 6.45) is 1.69. The molecular weight excluding hydrogens is 286 g/mol. The quantitative estimate of drug-likeness (QED) is 0.710. The number of anilines is 1. The molecule has 3 aromatic heterocycles. The third kappa shape index (κ3) is 2.46. The normalized spacial score (nSPS) is 12.5. The molecule has 0 aliphatic heterocycles. The van der Waals surface area contributed by atoms with Crippen LogP contribution < -0.4 is 5.32 Å². The standard InChI is InChI=1S/C13H10ClNOS2/c14-12-4-3-11(18-12)13(10-2-1-6-16-10)15-9-5-7-17-8-9/h1-8,13,15H. The summed E-state index contributed by atoms with van der Waals surface area (Å²) in [6, 6.07) is 9.86. The highest BCUT2D eigenvalue weighted by atomic mass is 35.5. The van der Waals surface area contributed by atoms with Crippen molar-refractivity contribution < 1.29 is 4.42 Å². The van der Waals surface area contributed by atoms with Gasteiger partial charge in [-0.05, 0) is 35.7 Å². The zero-order valence-electron chi connectivity index (χ0n) is 9.30. The first-order valence-corrected chi connectivity index (χ1v) is 7.54. The molecule has 3 heterocycles. The van der Waals surface area contributed by atoms with Crippen LogP contribution >= 0.6 is 34.3 Å². The van der Waals surface area contributed by atoms with E-state index in [4.69, 9.17) is 16.0 Å². The van der Waals surface area contributed by atoms with Gasteiger partial charge in [-0.3, -0.25) is 0 Å². The average molecular weight is 296 g/mol. The molecule has 0 bridgehead atoms. The lowest BCUT2D eigenvalue weighted by Crippen LogP contribution is -2.09. The number of nitrogens with one attached hydrogen (secondary N) is 1. The minimum Gasteiger partial charge on any atom is -0.467 e. The molecular formula is C13H10ClNOS2. The highest BCUT2D eigenvalue weighted by Gasteiger charge is 2.18. The summed E-state index contributed by atoms with van der Waals surface area (Å²) >= 11 is 9.24. The van der Waals surface area contributed by atoms with Crippen LogP contribution in [-0.4, -0.2) is 0 Å². The largest absolute Gasteiger partial charge is 0.467 e. The number of thiophene rings is 2. The van der Waals surface area contributed by atoms with Crippen molar-refractivity contribution in [2.75, 3.05) is 5.32 Å². The minimum absolute atomic E-state index is 0.00657. The lowest BCUT2D eigenvalue weighted by Gasteiger charge is -2.15. The maximum absolute atomic E-state index is 6.01. The van der Waals surface area contributed by atoms with Gasteiger partial charge in [0, 0.05) is 15.9 Å². The fourth-order valence-corrected chi connectivity index (χ4v) is 3.45. The Hall–Kier alpha value is -1.23. The second-order valence-electron chi connectivity index (χ2n) is 3.75. The lowest BCUT2D eigenvalue weighted by molar-refractivity contribution is 0.501. The molecule has 0 amide bonds. The van der Waals surface area contributed by atoms with Gasteiger partial charge in [0.05, 0.1) is 10.6 Å². The van der Waals surface area contributed by atoms with E-state index >= 15 is 0 Å². The van der Waals surface area contributed by atoms with E-state index in [0.29, 0.717) is 0 Å². The summed E-state index contributed by atoms with van der Waals surface area (Å²) in [5, 5.41) is 7.58. The highest BCUT2D eigenvalue weighted by molar-refractivity contribution is 7.16. The third-order valence-electron chi connectivity index (χ3n) is 2.54. The summed E-state index contributed by atoms with van der Waals surface area (Å²) < 4.78 is 6.30. The van der Waals surface area contributed by atoms with Crippen LogP contribution in [0.4, 0.5) is 5.69 Å². The van der Waals surface area contributed by atoms with Gasteiger partial charge in [0.25, 0.3) is 0 Å². The second kappa shape index (κ2) is 5.18. The molecule has 0 aliphatic rings. The first-order chi connectivity index (χ1) is 8.83. The fraction of sp³-hybridized carbons (Fsp3) is 0.0769. The Morgan fingerprint density at radius 2 is 2.17 bits per heavy atom. The van der Waals surface area contributed by atoms with Crippen molar-refractivity contribution in [3.05, 3.63) is 62.3 Å². The second-order valence-corrected chi connectivity index (χ2v) is 6.27. The number of rotatable bonds is 4. The van der Waals surface area contributed by atoms with Crippen molar-refractivity contribution in [2.24, 2.45) is 0 Å². The predicted octanol–water partition coefficient (Wildman–Crippen LogP) is 5.26. The number of hydrogen-bond donors (Lipinski definition) is 1. The Morgan fingerprint density at radius 3 is 2.78 bits per heavy atom. The first-order valence-electron chi connectivity index (χ1n) is 5.40. The van der Waals surface area contributed by atoms with Gasteiger partial charge in [0.1, 0.15) is 11.8 Å². The fourth-order valence-electron chi connectivity index (χ4n) is 1.73. The van der Waals surface area contributed by atoms with Crippen molar-refractivity contribution in [1.82, 2.24) is 0 Å². The molecule has 0 radical (unpaired) electrons. The van der Waals surface area contributed by atoms with E-state index in [1.807, 2.05) is 29.6 Å². The van der Waals surface area contributed by atoms with E-state index in [0.717, 1.165) is 20.7 Å². The minimum atomic E-state index is 0.00657. The van der Waals surface area contributed by atoms with E-state index in [9.17, 15) is 0 Å². The zero-order chi connectivity index (χ0) is 12.4. The maximum Gasteiger partial charge on any atom is 0.131 e. The molecule has 0 fully saturated rings. The maximum atomic E-state index is 6.01. The van der Waals surface area contributed by atoms with E-state index in [1.54, 1.807) is 28.9 Å². The monoisotopic (exact) mass is 295 g/mol. The summed E-state index contributed by atoms with van der Waals surface area (Å²) in [5.41, 5.74) is 1.09. The van der Waals surface area contributed by atoms with Crippen molar-refractivity contribution in [3.63, 3.8) is 0 Å². The lowest BCUT2D eigenvalue weighted by atomic mass is 10.2. The Balaban J connectivity index is 1.93. The van der Waals surface area contributed by atoms with Gasteiger partial charge < -0.3 is 9.73 Å². The average Bonchev–Trinajstić information content (AvgIpc) is 3.09. The van der Waals surface area contributed by atoms with Gasteiger partial charge in [0.2, 0.25) is 0 Å². The third-order valence-corrected chi connectivity index (χ3v) is 4.52. The van der Waals surface area contributed by atoms with Crippen LogP contribution in [0.5, 0.6) is 0 Å². The predicted molar refractivity (Wildman–Crippen MR) is 77.8 cm³/mol. The van der Waals surface area contributed by atoms with Gasteiger partial charge in [-0.1, -0.05) is 11.6 Å². The molecule has 0 saturated heterocycles. The van der Waals surface area contributed by atoms with E-state index in [-0.39, 0.29) is 6.04 Å². The van der Waals surface area contributed by atoms with Crippen molar-refractivity contribution in [1.29, 1.82) is 0 Å². The molecule has 2 nitrogen and oxygen atoms in total. The number of hydrogen-bond acceptors (Lipinski definition) is 4. The van der Waals surface area contributed by atoms with Crippen LogP contribution in [-0.2, 0) is 0 Å². The molecule has 1 N–H and O–H groups in total. The Labute approximate surface area is 118 Å². The van der Waals surface area contributed by atoms with E-state index < -0.39 is 0 Å². The number of furan rings is 1. The van der Waals surface area contributed by atoms with Crippen LogP contribution in [0.1, 0.15) is 16.7 Å². The zero-order valence-corrected chi connectivity index (χ0v) is 11.7.